The summed E-state index contributed by atoms with van der Waals surface area (Å²) in [6.45, 7) is 6.79. The van der Waals surface area contributed by atoms with Gasteiger partial charge in [0.15, 0.2) is 0 Å². The van der Waals surface area contributed by atoms with Gasteiger partial charge in [0.05, 0.1) is 4.83 Å². The zero-order valence-electron chi connectivity index (χ0n) is 13.6. The number of aryl methyl sites for hydroxylation is 1. The van der Waals surface area contributed by atoms with Crippen LogP contribution in [0.3, 0.4) is 0 Å². The Morgan fingerprint density at radius 1 is 1.48 bits per heavy atom. The van der Waals surface area contributed by atoms with Crippen LogP contribution in [0.2, 0.25) is 0 Å². The van der Waals surface area contributed by atoms with Crippen LogP contribution in [0, 0.1) is 24.8 Å². The van der Waals surface area contributed by atoms with Crippen LogP contribution in [0.5, 0.6) is 5.75 Å². The molecule has 1 aromatic carbocycles. The van der Waals surface area contributed by atoms with Gasteiger partial charge in [-0.05, 0) is 26.0 Å². The van der Waals surface area contributed by atoms with Crippen molar-refractivity contribution in [2.24, 2.45) is 0 Å². The van der Waals surface area contributed by atoms with Crippen molar-refractivity contribution in [1.29, 1.82) is 0 Å². The molecule has 2 rings (SSSR count). The minimum atomic E-state index is -0.174. The van der Waals surface area contributed by atoms with Gasteiger partial charge >= 0.3 is 0 Å². The zero-order chi connectivity index (χ0) is 16.1. The predicted molar refractivity (Wildman–Crippen MR) is 91.5 cm³/mol. The van der Waals surface area contributed by atoms with E-state index in [9.17, 15) is 4.79 Å². The molecule has 1 amide bonds. The third-order valence-electron chi connectivity index (χ3n) is 3.51. The van der Waals surface area contributed by atoms with Crippen molar-refractivity contribution in [1.82, 2.24) is 4.90 Å². The summed E-state index contributed by atoms with van der Waals surface area (Å²) in [4.78, 5) is 13.9. The molecule has 0 N–H and O–H groups in total. The minimum Gasteiger partial charge on any atom is -0.481 e. The molecule has 1 aliphatic rings. The van der Waals surface area contributed by atoms with Crippen molar-refractivity contribution in [3.63, 3.8) is 0 Å². The molecule has 1 unspecified atom stereocenters. The van der Waals surface area contributed by atoms with E-state index >= 15 is 0 Å². The van der Waals surface area contributed by atoms with Crippen molar-refractivity contribution < 1.29 is 42.2 Å². The largest absolute Gasteiger partial charge is 0.481 e. The second-order valence-electron chi connectivity index (χ2n) is 4.97. The molecule has 5 heteroatoms. The van der Waals surface area contributed by atoms with Crippen molar-refractivity contribution in [2.75, 3.05) is 13.2 Å². The smallest absolute Gasteiger partial charge is 0.236 e. The fourth-order valence-corrected chi connectivity index (χ4v) is 2.80. The van der Waals surface area contributed by atoms with Crippen molar-refractivity contribution in [3.8, 4) is 17.6 Å². The molecule has 23 heavy (non-hydrogen) atoms. The van der Waals surface area contributed by atoms with Crippen LogP contribution in [0.4, 0.5) is 0 Å². The molecule has 0 aliphatic carbocycles. The Hall–Kier alpha value is -0.626. The summed E-state index contributed by atoms with van der Waals surface area (Å²) in [7, 11) is 0. The van der Waals surface area contributed by atoms with E-state index in [-0.39, 0.29) is 43.4 Å². The number of halogens is 1. The second kappa shape index (κ2) is 9.62. The molecule has 1 aromatic rings. The Morgan fingerprint density at radius 2 is 2.22 bits per heavy atom. The molecule has 0 aromatic heterocycles. The summed E-state index contributed by atoms with van der Waals surface area (Å²) in [6.07, 6.45) is 3.93. The number of carbonyl (C=O) groups excluding carboxylic acids is 1. The number of allylic oxidation sites excluding steroid dienone is 1. The van der Waals surface area contributed by atoms with Gasteiger partial charge in [0, 0.05) is 39.3 Å². The second-order valence-corrected chi connectivity index (χ2v) is 6.08. The predicted octanol–water partition coefficient (Wildman–Crippen LogP) is 3.55. The van der Waals surface area contributed by atoms with Crippen LogP contribution < -0.4 is 4.74 Å². The van der Waals surface area contributed by atoms with E-state index in [4.69, 9.17) is 4.74 Å². The van der Waals surface area contributed by atoms with E-state index in [0.717, 1.165) is 22.6 Å². The Bertz CT molecular complexity index is 661. The first-order valence-electron chi connectivity index (χ1n) is 7.28. The molecule has 0 saturated heterocycles. The van der Waals surface area contributed by atoms with Gasteiger partial charge in [0.2, 0.25) is 5.91 Å². The van der Waals surface area contributed by atoms with Crippen molar-refractivity contribution in [3.05, 3.63) is 35.4 Å². The summed E-state index contributed by atoms with van der Waals surface area (Å²) in [6, 6.07) is 5.86. The minimum absolute atomic E-state index is 0. The molecule has 0 fully saturated rings. The molecule has 3 nitrogen and oxygen atoms in total. The first-order chi connectivity index (χ1) is 10.6. The quantitative estimate of drug-likeness (QED) is 0.399. The Morgan fingerprint density at radius 3 is 2.83 bits per heavy atom. The average Bonchev–Trinajstić information content (AvgIpc) is 2.51. The standard InChI is InChI=1S/C18H19BrNO2.Y/c1-4-6-11-22-14-7-8-15(13(3)12-14)17-10-9-16(19)18(21)20(17)5-2;/h7-8,12,16H,5,9,11H2,1-3H3;/q-1;. The third-order valence-corrected chi connectivity index (χ3v) is 4.23. The first kappa shape index (κ1) is 20.4. The van der Waals surface area contributed by atoms with Crippen LogP contribution in [-0.4, -0.2) is 28.8 Å². The van der Waals surface area contributed by atoms with Crippen LogP contribution in [-0.2, 0) is 37.5 Å². The van der Waals surface area contributed by atoms with E-state index in [1.165, 1.54) is 0 Å². The number of hydrogen-bond acceptors (Lipinski definition) is 2. The summed E-state index contributed by atoms with van der Waals surface area (Å²) in [5, 5.41) is 0. The average molecular weight is 450 g/mol. The number of amides is 1. The number of benzene rings is 1. The SMILES string of the molecule is CC#CCOc1ccc(C2=[C-]CC(Br)C(=O)N2CC)c(C)c1.[Y]. The van der Waals surface area contributed by atoms with E-state index in [1.807, 2.05) is 32.0 Å². The number of rotatable bonds is 4. The zero-order valence-corrected chi connectivity index (χ0v) is 18.1. The normalized spacial score (nSPS) is 16.9. The summed E-state index contributed by atoms with van der Waals surface area (Å²) in [5.74, 6) is 6.55. The number of nitrogens with zero attached hydrogens (tertiary/aromatic N) is 1. The maximum Gasteiger partial charge on any atom is 0.236 e. The van der Waals surface area contributed by atoms with Gasteiger partial charge in [-0.1, -0.05) is 35.2 Å². The first-order valence-corrected chi connectivity index (χ1v) is 8.19. The van der Waals surface area contributed by atoms with Crippen molar-refractivity contribution >= 4 is 27.5 Å². The Balaban J connectivity index is 0.00000264. The van der Waals surface area contributed by atoms with Gasteiger partial charge < -0.3 is 9.64 Å². The Labute approximate surface area is 171 Å². The van der Waals surface area contributed by atoms with Gasteiger partial charge in [-0.3, -0.25) is 4.79 Å². The van der Waals surface area contributed by atoms with Crippen LogP contribution in [0.1, 0.15) is 31.4 Å². The molecule has 0 bridgehead atoms. The van der Waals surface area contributed by atoms with Gasteiger partial charge in [-0.15, -0.1) is 28.8 Å². The summed E-state index contributed by atoms with van der Waals surface area (Å²) >= 11 is 3.40. The number of carbonyl (C=O) groups is 1. The third kappa shape index (κ3) is 4.92. The molecule has 119 valence electrons. The molecular weight excluding hydrogens is 431 g/mol. The van der Waals surface area contributed by atoms with Gasteiger partial charge in [0.1, 0.15) is 12.4 Å². The molecule has 1 heterocycles. The van der Waals surface area contributed by atoms with Crippen LogP contribution in [0.25, 0.3) is 5.70 Å². The van der Waals surface area contributed by atoms with Gasteiger partial charge in [-0.25, -0.2) is 6.08 Å². The van der Waals surface area contributed by atoms with Crippen LogP contribution in [0.15, 0.2) is 18.2 Å². The number of hydrogen-bond donors (Lipinski definition) is 0. The summed E-state index contributed by atoms with van der Waals surface area (Å²) in [5.41, 5.74) is 2.94. The molecule has 1 atom stereocenters. The number of alkyl halides is 1. The van der Waals surface area contributed by atoms with Gasteiger partial charge in [0.25, 0.3) is 0 Å². The van der Waals surface area contributed by atoms with Gasteiger partial charge in [-0.2, -0.15) is 0 Å². The Kier molecular flexibility index (Phi) is 8.54. The maximum atomic E-state index is 12.3. The monoisotopic (exact) mass is 449 g/mol. The molecule has 1 aliphatic heterocycles. The number of ether oxygens (including phenoxy) is 1. The van der Waals surface area contributed by atoms with Crippen molar-refractivity contribution in [2.45, 2.75) is 32.0 Å². The molecule has 1 radical (unpaired) electrons. The maximum absolute atomic E-state index is 12.3. The molecule has 0 spiro atoms. The molecule has 0 saturated carbocycles. The fourth-order valence-electron chi connectivity index (χ4n) is 2.39. The summed E-state index contributed by atoms with van der Waals surface area (Å²) < 4.78 is 5.57. The topological polar surface area (TPSA) is 29.5 Å². The van der Waals surface area contributed by atoms with E-state index in [0.29, 0.717) is 19.6 Å². The van der Waals surface area contributed by atoms with E-state index in [1.54, 1.807) is 11.8 Å². The van der Waals surface area contributed by atoms with E-state index in [2.05, 4.69) is 33.8 Å². The molecular formula is C18H19BrNO2Y-. The van der Waals surface area contributed by atoms with E-state index < -0.39 is 0 Å². The van der Waals surface area contributed by atoms with Crippen LogP contribution >= 0.6 is 15.9 Å². The fraction of sp³-hybridized carbons (Fsp3) is 0.389.